The van der Waals surface area contributed by atoms with E-state index in [1.165, 1.54) is 4.68 Å². The van der Waals surface area contributed by atoms with Crippen LogP contribution in [0.15, 0.2) is 70.1 Å². The minimum Gasteiger partial charge on any atom is -0.423 e. The number of aromatic nitrogens is 4. The number of oxazole rings is 1. The van der Waals surface area contributed by atoms with Gasteiger partial charge < -0.3 is 9.32 Å². The molecule has 5 rings (SSSR count). The lowest BCUT2D eigenvalue weighted by molar-refractivity contribution is 0.319. The van der Waals surface area contributed by atoms with Gasteiger partial charge in [0.1, 0.15) is 5.52 Å². The van der Waals surface area contributed by atoms with E-state index in [4.69, 9.17) is 4.42 Å². The second-order valence-corrected chi connectivity index (χ2v) is 6.72. The van der Waals surface area contributed by atoms with Crippen LogP contribution in [-0.4, -0.2) is 32.8 Å². The third-order valence-corrected chi connectivity index (χ3v) is 4.77. The Morgan fingerprint density at radius 1 is 1.07 bits per heavy atom. The van der Waals surface area contributed by atoms with Gasteiger partial charge >= 0.3 is 0 Å². The van der Waals surface area contributed by atoms with Gasteiger partial charge in [-0.3, -0.25) is 9.78 Å². The molecular weight excluding hydrogens is 342 g/mol. The van der Waals surface area contributed by atoms with Crippen molar-refractivity contribution in [3.8, 4) is 11.3 Å². The standard InChI is InChI=1S/C20H17N5O2/c26-19-8-7-16(15-4-3-9-21-10-15)23-25(19)13-14-11-24(12-14)20-22-17-5-1-2-6-18(17)27-20/h1-10,14H,11-13H2. The predicted octanol–water partition coefficient (Wildman–Crippen LogP) is 2.58. The Balaban J connectivity index is 1.30. The normalized spacial score (nSPS) is 14.4. The van der Waals surface area contributed by atoms with Crippen molar-refractivity contribution < 1.29 is 4.42 Å². The maximum absolute atomic E-state index is 12.2. The molecule has 7 nitrogen and oxygen atoms in total. The first-order valence-electron chi connectivity index (χ1n) is 8.85. The van der Waals surface area contributed by atoms with E-state index < -0.39 is 0 Å². The van der Waals surface area contributed by atoms with Crippen molar-refractivity contribution in [1.82, 2.24) is 19.7 Å². The summed E-state index contributed by atoms with van der Waals surface area (Å²) in [6.45, 7) is 2.15. The Morgan fingerprint density at radius 3 is 2.78 bits per heavy atom. The van der Waals surface area contributed by atoms with Gasteiger partial charge in [0.15, 0.2) is 5.58 Å². The lowest BCUT2D eigenvalue weighted by Crippen LogP contribution is -2.49. The Morgan fingerprint density at radius 2 is 1.96 bits per heavy atom. The number of para-hydroxylation sites is 2. The SMILES string of the molecule is O=c1ccc(-c2cccnc2)nn1CC1CN(c2nc3ccccc3o2)C1. The molecule has 4 aromatic rings. The molecule has 1 aliphatic rings. The number of rotatable bonds is 4. The first-order valence-corrected chi connectivity index (χ1v) is 8.85. The van der Waals surface area contributed by atoms with Crippen LogP contribution in [0, 0.1) is 5.92 Å². The zero-order valence-electron chi connectivity index (χ0n) is 14.5. The molecule has 1 aliphatic heterocycles. The predicted molar refractivity (Wildman–Crippen MR) is 101 cm³/mol. The molecule has 0 atom stereocenters. The molecular formula is C20H17N5O2. The van der Waals surface area contributed by atoms with Gasteiger partial charge in [-0.15, -0.1) is 0 Å². The summed E-state index contributed by atoms with van der Waals surface area (Å²) in [5.74, 6) is 0.328. The fourth-order valence-corrected chi connectivity index (χ4v) is 3.33. The maximum Gasteiger partial charge on any atom is 0.298 e. The number of pyridine rings is 1. The number of hydrogen-bond donors (Lipinski definition) is 0. The zero-order valence-corrected chi connectivity index (χ0v) is 14.5. The molecule has 27 heavy (non-hydrogen) atoms. The van der Waals surface area contributed by atoms with Crippen molar-refractivity contribution >= 4 is 17.1 Å². The smallest absolute Gasteiger partial charge is 0.298 e. The van der Waals surface area contributed by atoms with Gasteiger partial charge in [-0.1, -0.05) is 12.1 Å². The van der Waals surface area contributed by atoms with Crippen molar-refractivity contribution in [2.45, 2.75) is 6.54 Å². The molecule has 0 radical (unpaired) electrons. The molecule has 4 heterocycles. The van der Waals surface area contributed by atoms with Crippen LogP contribution in [0.3, 0.4) is 0 Å². The molecule has 0 bridgehead atoms. The fourth-order valence-electron chi connectivity index (χ4n) is 3.33. The van der Waals surface area contributed by atoms with E-state index in [0.717, 1.165) is 35.4 Å². The molecule has 0 unspecified atom stereocenters. The van der Waals surface area contributed by atoms with Gasteiger partial charge in [-0.2, -0.15) is 10.1 Å². The van der Waals surface area contributed by atoms with Gasteiger partial charge in [-0.05, 0) is 30.3 Å². The summed E-state index contributed by atoms with van der Waals surface area (Å²) in [5, 5.41) is 4.50. The van der Waals surface area contributed by atoms with Crippen molar-refractivity contribution in [2.24, 2.45) is 5.92 Å². The Labute approximate surface area is 154 Å². The van der Waals surface area contributed by atoms with E-state index in [1.807, 2.05) is 36.4 Å². The van der Waals surface area contributed by atoms with E-state index >= 15 is 0 Å². The highest BCUT2D eigenvalue weighted by Gasteiger charge is 2.31. The minimum atomic E-state index is -0.0945. The van der Waals surface area contributed by atoms with Gasteiger partial charge in [0.2, 0.25) is 0 Å². The van der Waals surface area contributed by atoms with E-state index in [-0.39, 0.29) is 5.56 Å². The van der Waals surface area contributed by atoms with Gasteiger partial charge in [0, 0.05) is 43.0 Å². The monoisotopic (exact) mass is 359 g/mol. The summed E-state index contributed by atoms with van der Waals surface area (Å²) in [4.78, 5) is 22.9. The number of hydrogen-bond acceptors (Lipinski definition) is 6. The highest BCUT2D eigenvalue weighted by molar-refractivity contribution is 5.74. The first-order chi connectivity index (χ1) is 13.3. The quantitative estimate of drug-likeness (QED) is 0.557. The Hall–Kier alpha value is -3.48. The third kappa shape index (κ3) is 2.97. The van der Waals surface area contributed by atoms with Gasteiger partial charge in [0.25, 0.3) is 11.6 Å². The number of anilines is 1. The molecule has 0 saturated carbocycles. The molecule has 0 spiro atoms. The van der Waals surface area contributed by atoms with Crippen molar-refractivity contribution in [2.75, 3.05) is 18.0 Å². The first kappa shape index (κ1) is 15.7. The van der Waals surface area contributed by atoms with Crippen LogP contribution >= 0.6 is 0 Å². The Kier molecular flexibility index (Phi) is 3.71. The van der Waals surface area contributed by atoms with Crippen LogP contribution in [0.2, 0.25) is 0 Å². The van der Waals surface area contributed by atoms with E-state index in [2.05, 4.69) is 20.0 Å². The fraction of sp³-hybridized carbons (Fsp3) is 0.200. The van der Waals surface area contributed by atoms with Gasteiger partial charge in [0.05, 0.1) is 12.2 Å². The van der Waals surface area contributed by atoms with Crippen molar-refractivity contribution in [3.63, 3.8) is 0 Å². The molecule has 134 valence electrons. The molecule has 0 N–H and O–H groups in total. The molecule has 1 fully saturated rings. The van der Waals surface area contributed by atoms with Crippen LogP contribution < -0.4 is 10.5 Å². The second-order valence-electron chi connectivity index (χ2n) is 6.72. The summed E-state index contributed by atoms with van der Waals surface area (Å²) in [6.07, 6.45) is 3.46. The van der Waals surface area contributed by atoms with Crippen LogP contribution in [0.25, 0.3) is 22.4 Å². The van der Waals surface area contributed by atoms with Crippen LogP contribution in [0.4, 0.5) is 6.01 Å². The number of fused-ring (bicyclic) bond motifs is 1. The molecule has 0 amide bonds. The molecule has 1 saturated heterocycles. The summed E-state index contributed by atoms with van der Waals surface area (Å²) in [5.41, 5.74) is 3.20. The third-order valence-electron chi connectivity index (χ3n) is 4.77. The average Bonchev–Trinajstić information content (AvgIpc) is 3.10. The summed E-state index contributed by atoms with van der Waals surface area (Å²) in [6, 6.07) is 15.5. The molecule has 1 aromatic carbocycles. The number of benzene rings is 1. The lowest BCUT2D eigenvalue weighted by Gasteiger charge is -2.37. The highest BCUT2D eigenvalue weighted by atomic mass is 16.4. The highest BCUT2D eigenvalue weighted by Crippen LogP contribution is 2.28. The lowest BCUT2D eigenvalue weighted by atomic mass is 10.0. The largest absolute Gasteiger partial charge is 0.423 e. The van der Waals surface area contributed by atoms with Crippen LogP contribution in [0.1, 0.15) is 0 Å². The number of nitrogens with zero attached hydrogens (tertiary/aromatic N) is 5. The van der Waals surface area contributed by atoms with E-state index in [9.17, 15) is 4.79 Å². The summed E-state index contributed by atoms with van der Waals surface area (Å²) < 4.78 is 7.33. The van der Waals surface area contributed by atoms with E-state index in [1.54, 1.807) is 24.5 Å². The molecule has 0 aliphatic carbocycles. The Bertz CT molecular complexity index is 1110. The summed E-state index contributed by atoms with van der Waals surface area (Å²) in [7, 11) is 0. The van der Waals surface area contributed by atoms with Crippen molar-refractivity contribution in [3.05, 3.63) is 71.3 Å². The minimum absolute atomic E-state index is 0.0945. The van der Waals surface area contributed by atoms with Crippen LogP contribution in [-0.2, 0) is 6.54 Å². The van der Waals surface area contributed by atoms with E-state index in [0.29, 0.717) is 18.5 Å². The van der Waals surface area contributed by atoms with Gasteiger partial charge in [-0.25, -0.2) is 4.68 Å². The zero-order chi connectivity index (χ0) is 18.2. The molecule has 3 aromatic heterocycles. The molecule has 7 heteroatoms. The second kappa shape index (κ2) is 6.35. The average molecular weight is 359 g/mol. The summed E-state index contributed by atoms with van der Waals surface area (Å²) >= 11 is 0. The maximum atomic E-state index is 12.2. The van der Waals surface area contributed by atoms with Crippen molar-refractivity contribution in [1.29, 1.82) is 0 Å². The topological polar surface area (TPSA) is 77.1 Å². The van der Waals surface area contributed by atoms with Crippen LogP contribution in [0.5, 0.6) is 0 Å².